The van der Waals surface area contributed by atoms with Gasteiger partial charge >= 0.3 is 5.69 Å². The average molecular weight is 422 g/mol. The number of anilines is 1. The summed E-state index contributed by atoms with van der Waals surface area (Å²) in [5.74, 6) is 0.957. The van der Waals surface area contributed by atoms with E-state index in [1.165, 1.54) is 19.4 Å². The quantitative estimate of drug-likeness (QED) is 0.304. The number of nitrogens with one attached hydrogen (secondary N) is 1. The van der Waals surface area contributed by atoms with Gasteiger partial charge in [-0.1, -0.05) is 36.4 Å². The van der Waals surface area contributed by atoms with Gasteiger partial charge in [-0.25, -0.2) is 0 Å². The van der Waals surface area contributed by atoms with Crippen LogP contribution >= 0.6 is 0 Å². The fraction of sp³-hybridized carbons (Fsp3) is 0.0952. The Morgan fingerprint density at radius 1 is 1.00 bits per heavy atom. The molecule has 10 heteroatoms. The molecule has 1 N–H and O–H groups in total. The van der Waals surface area contributed by atoms with Gasteiger partial charge in [-0.2, -0.15) is 5.10 Å². The Hall–Kier alpha value is -4.47. The summed E-state index contributed by atoms with van der Waals surface area (Å²) in [5.41, 5.74) is 3.27. The van der Waals surface area contributed by atoms with E-state index in [-0.39, 0.29) is 11.4 Å². The maximum atomic E-state index is 11.2. The number of methoxy groups -OCH3 is 1. The minimum Gasteiger partial charge on any atom is -0.493 e. The minimum atomic E-state index is -0.717. The minimum absolute atomic E-state index is 0.0153. The molecule has 0 unspecified atom stereocenters. The molecule has 3 aromatic rings. The summed E-state index contributed by atoms with van der Waals surface area (Å²) in [6, 6.07) is 18.1. The maximum absolute atomic E-state index is 11.2. The van der Waals surface area contributed by atoms with Gasteiger partial charge < -0.3 is 9.47 Å². The largest absolute Gasteiger partial charge is 0.493 e. The Balaban J connectivity index is 1.82. The molecular formula is C21H18N4O6. The summed E-state index contributed by atoms with van der Waals surface area (Å²) < 4.78 is 11.3. The van der Waals surface area contributed by atoms with Crippen LogP contribution in [0.5, 0.6) is 11.5 Å². The van der Waals surface area contributed by atoms with Crippen LogP contribution in [0.2, 0.25) is 0 Å². The fourth-order valence-electron chi connectivity index (χ4n) is 2.73. The molecule has 0 radical (unpaired) electrons. The summed E-state index contributed by atoms with van der Waals surface area (Å²) in [4.78, 5) is 20.7. The summed E-state index contributed by atoms with van der Waals surface area (Å²) in [6.45, 7) is 0.309. The number of ether oxygens (including phenoxy) is 2. The number of rotatable bonds is 9. The second-order valence-corrected chi connectivity index (χ2v) is 6.24. The molecule has 0 heterocycles. The predicted molar refractivity (Wildman–Crippen MR) is 115 cm³/mol. The predicted octanol–water partition coefficient (Wildman–Crippen LogP) is 4.54. The topological polar surface area (TPSA) is 129 Å². The van der Waals surface area contributed by atoms with Crippen LogP contribution in [-0.2, 0) is 6.61 Å². The van der Waals surface area contributed by atoms with Gasteiger partial charge in [-0.15, -0.1) is 0 Å². The number of nitrogens with zero attached hydrogens (tertiary/aromatic N) is 3. The van der Waals surface area contributed by atoms with Gasteiger partial charge in [-0.05, 0) is 23.8 Å². The van der Waals surface area contributed by atoms with Gasteiger partial charge in [0.05, 0.1) is 29.2 Å². The first-order chi connectivity index (χ1) is 15.0. The summed E-state index contributed by atoms with van der Waals surface area (Å²) in [5, 5.41) is 26.1. The number of para-hydroxylation sites is 1. The van der Waals surface area contributed by atoms with Crippen molar-refractivity contribution < 1.29 is 19.3 Å². The smallest absolute Gasteiger partial charge is 0.301 e. The highest BCUT2D eigenvalue weighted by Crippen LogP contribution is 2.32. The van der Waals surface area contributed by atoms with Crippen LogP contribution in [0, 0.1) is 20.2 Å². The van der Waals surface area contributed by atoms with Gasteiger partial charge in [0.25, 0.3) is 5.69 Å². The van der Waals surface area contributed by atoms with Gasteiger partial charge in [0.2, 0.25) is 0 Å². The SMILES string of the molecule is COc1cccc(/C=N\Nc2ccc([N+](=O)[O-])cc2[N+](=O)[O-])c1OCc1ccccc1. The van der Waals surface area contributed by atoms with Crippen molar-refractivity contribution in [3.8, 4) is 11.5 Å². The molecule has 3 aromatic carbocycles. The van der Waals surface area contributed by atoms with Crippen molar-refractivity contribution in [2.75, 3.05) is 12.5 Å². The van der Waals surface area contributed by atoms with Gasteiger partial charge in [0.1, 0.15) is 12.3 Å². The summed E-state index contributed by atoms with van der Waals surface area (Å²) in [6.07, 6.45) is 1.42. The van der Waals surface area contributed by atoms with Crippen LogP contribution in [0.15, 0.2) is 71.8 Å². The third-order valence-corrected chi connectivity index (χ3v) is 4.23. The first kappa shape index (κ1) is 21.2. The average Bonchev–Trinajstić information content (AvgIpc) is 2.78. The monoisotopic (exact) mass is 422 g/mol. The van der Waals surface area contributed by atoms with E-state index in [9.17, 15) is 20.2 Å². The van der Waals surface area contributed by atoms with Crippen molar-refractivity contribution in [3.63, 3.8) is 0 Å². The first-order valence-electron chi connectivity index (χ1n) is 9.05. The number of non-ortho nitro benzene ring substituents is 1. The van der Waals surface area contributed by atoms with Gasteiger partial charge in [-0.3, -0.25) is 25.7 Å². The zero-order valence-corrected chi connectivity index (χ0v) is 16.4. The molecule has 0 fully saturated rings. The summed E-state index contributed by atoms with van der Waals surface area (Å²) >= 11 is 0. The molecule has 0 spiro atoms. The second-order valence-electron chi connectivity index (χ2n) is 6.24. The molecule has 158 valence electrons. The lowest BCUT2D eigenvalue weighted by Gasteiger charge is -2.13. The van der Waals surface area contributed by atoms with Gasteiger partial charge in [0.15, 0.2) is 11.5 Å². The standard InChI is InChI=1S/C21H18N4O6/c1-30-20-9-5-8-16(21(20)31-14-15-6-3-2-4-7-15)13-22-23-18-11-10-17(24(26)27)12-19(18)25(28)29/h2-13,23H,14H2,1H3/b22-13-. The maximum Gasteiger partial charge on any atom is 0.301 e. The van der Waals surface area contributed by atoms with Crippen molar-refractivity contribution in [2.24, 2.45) is 5.10 Å². The van der Waals surface area contributed by atoms with Crippen molar-refractivity contribution in [3.05, 3.63) is 98.1 Å². The lowest BCUT2D eigenvalue weighted by atomic mass is 10.2. The molecule has 0 amide bonds. The van der Waals surface area contributed by atoms with Crippen LogP contribution in [0.25, 0.3) is 0 Å². The molecule has 0 aliphatic heterocycles. The third kappa shape index (κ3) is 5.32. The van der Waals surface area contributed by atoms with E-state index in [1.807, 2.05) is 30.3 Å². The third-order valence-electron chi connectivity index (χ3n) is 4.23. The number of hydrogen-bond acceptors (Lipinski definition) is 8. The summed E-state index contributed by atoms with van der Waals surface area (Å²) in [7, 11) is 1.52. The van der Waals surface area contributed by atoms with Gasteiger partial charge in [0, 0.05) is 11.6 Å². The number of nitro groups is 2. The molecule has 0 saturated carbocycles. The van der Waals surface area contributed by atoms with Crippen LogP contribution in [-0.4, -0.2) is 23.2 Å². The molecule has 3 rings (SSSR count). The Kier molecular flexibility index (Phi) is 6.74. The molecule has 0 aromatic heterocycles. The van der Waals surface area contributed by atoms with E-state index in [0.717, 1.165) is 17.7 Å². The Morgan fingerprint density at radius 2 is 1.77 bits per heavy atom. The zero-order chi connectivity index (χ0) is 22.2. The highest BCUT2D eigenvalue weighted by atomic mass is 16.6. The lowest BCUT2D eigenvalue weighted by molar-refractivity contribution is -0.393. The van der Waals surface area contributed by atoms with Crippen LogP contribution in [0.1, 0.15) is 11.1 Å². The lowest BCUT2D eigenvalue weighted by Crippen LogP contribution is -2.02. The van der Waals surface area contributed by atoms with E-state index < -0.39 is 15.5 Å². The number of hydrazone groups is 1. The molecule has 0 aliphatic rings. The van der Waals surface area contributed by atoms with Crippen molar-refractivity contribution in [1.29, 1.82) is 0 Å². The molecule has 0 aliphatic carbocycles. The van der Waals surface area contributed by atoms with Crippen LogP contribution in [0.3, 0.4) is 0 Å². The highest BCUT2D eigenvalue weighted by molar-refractivity contribution is 5.85. The normalized spacial score (nSPS) is 10.6. The molecular weight excluding hydrogens is 404 g/mol. The molecule has 0 atom stereocenters. The van der Waals surface area contributed by atoms with E-state index in [1.54, 1.807) is 18.2 Å². The first-order valence-corrected chi connectivity index (χ1v) is 9.05. The van der Waals surface area contributed by atoms with Crippen molar-refractivity contribution in [2.45, 2.75) is 6.61 Å². The molecule has 0 bridgehead atoms. The van der Waals surface area contributed by atoms with Crippen molar-refractivity contribution in [1.82, 2.24) is 0 Å². The van der Waals surface area contributed by atoms with E-state index in [2.05, 4.69) is 10.5 Å². The molecule has 0 saturated heterocycles. The zero-order valence-electron chi connectivity index (χ0n) is 16.4. The number of benzene rings is 3. The van der Waals surface area contributed by atoms with E-state index >= 15 is 0 Å². The van der Waals surface area contributed by atoms with Crippen LogP contribution in [0.4, 0.5) is 17.1 Å². The Morgan fingerprint density at radius 3 is 2.45 bits per heavy atom. The Labute approximate surface area is 177 Å². The molecule has 10 nitrogen and oxygen atoms in total. The number of nitro benzene ring substituents is 2. The van der Waals surface area contributed by atoms with E-state index in [4.69, 9.17) is 9.47 Å². The number of hydrogen-bond donors (Lipinski definition) is 1. The second kappa shape index (κ2) is 9.83. The van der Waals surface area contributed by atoms with Crippen molar-refractivity contribution >= 4 is 23.3 Å². The molecule has 31 heavy (non-hydrogen) atoms. The Bertz CT molecular complexity index is 1120. The van der Waals surface area contributed by atoms with E-state index in [0.29, 0.717) is 23.7 Å². The van der Waals surface area contributed by atoms with Crippen LogP contribution < -0.4 is 14.9 Å². The fourth-order valence-corrected chi connectivity index (χ4v) is 2.73. The highest BCUT2D eigenvalue weighted by Gasteiger charge is 2.19.